The summed E-state index contributed by atoms with van der Waals surface area (Å²) in [7, 11) is 0. The summed E-state index contributed by atoms with van der Waals surface area (Å²) in [6, 6.07) is -1.04. The molecular weight excluding hydrogens is 248 g/mol. The molecule has 0 unspecified atom stereocenters. The van der Waals surface area contributed by atoms with Crippen LogP contribution in [0.3, 0.4) is 0 Å². The van der Waals surface area contributed by atoms with Crippen molar-refractivity contribution in [3.05, 3.63) is 0 Å². The van der Waals surface area contributed by atoms with Crippen LogP contribution in [0.25, 0.3) is 0 Å². The Bertz CT molecular complexity index is 312. The fraction of sp³-hybridized carbons (Fsp3) is 0.846. The summed E-state index contributed by atoms with van der Waals surface area (Å²) >= 11 is 0. The Labute approximate surface area is 113 Å². The van der Waals surface area contributed by atoms with Crippen molar-refractivity contribution in [1.29, 1.82) is 0 Å². The summed E-state index contributed by atoms with van der Waals surface area (Å²) in [5.74, 6) is -1.40. The minimum atomic E-state index is -1.12. The fourth-order valence-corrected chi connectivity index (χ4v) is 2.63. The molecule has 1 amide bonds. The third kappa shape index (κ3) is 4.18. The summed E-state index contributed by atoms with van der Waals surface area (Å²) in [4.78, 5) is 23.4. The van der Waals surface area contributed by atoms with E-state index in [9.17, 15) is 9.59 Å². The van der Waals surface area contributed by atoms with Crippen molar-refractivity contribution in [1.82, 2.24) is 5.32 Å². The molecule has 0 radical (unpaired) electrons. The number of carbonyl (C=O) groups excluding carboxylic acids is 1. The van der Waals surface area contributed by atoms with Gasteiger partial charge in [-0.3, -0.25) is 4.79 Å². The Kier molecular flexibility index (Phi) is 6.24. The third-order valence-corrected chi connectivity index (χ3v) is 3.95. The molecule has 0 saturated heterocycles. The molecule has 1 fully saturated rings. The standard InChI is InChI=1S/C13H24N2O4/c14-9-13(6-3-1-2-4-7-13)12(19)15-10(5-8-16)11(17)18/h10,16H,1-9,14H2,(H,15,19)(H,17,18)/t10-/m0/s1. The topological polar surface area (TPSA) is 113 Å². The van der Waals surface area contributed by atoms with E-state index in [2.05, 4.69) is 5.32 Å². The van der Waals surface area contributed by atoms with Crippen molar-refractivity contribution >= 4 is 11.9 Å². The molecule has 1 atom stereocenters. The number of aliphatic hydroxyl groups is 1. The molecule has 6 nitrogen and oxygen atoms in total. The number of amides is 1. The number of aliphatic carboxylic acids is 1. The molecule has 5 N–H and O–H groups in total. The van der Waals surface area contributed by atoms with Gasteiger partial charge in [-0.2, -0.15) is 0 Å². The lowest BCUT2D eigenvalue weighted by atomic mass is 9.79. The van der Waals surface area contributed by atoms with E-state index in [1.165, 1.54) is 0 Å². The minimum Gasteiger partial charge on any atom is -0.480 e. The Morgan fingerprint density at radius 1 is 1.21 bits per heavy atom. The highest BCUT2D eigenvalue weighted by molar-refractivity contribution is 5.87. The lowest BCUT2D eigenvalue weighted by molar-refractivity contribution is -0.144. The molecule has 1 saturated carbocycles. The Morgan fingerprint density at radius 3 is 2.21 bits per heavy atom. The van der Waals surface area contributed by atoms with Gasteiger partial charge < -0.3 is 21.3 Å². The predicted molar refractivity (Wildman–Crippen MR) is 70.5 cm³/mol. The smallest absolute Gasteiger partial charge is 0.326 e. The molecule has 0 aromatic carbocycles. The minimum absolute atomic E-state index is 0.0156. The average Bonchev–Trinajstić information content (AvgIpc) is 2.64. The lowest BCUT2D eigenvalue weighted by Crippen LogP contribution is -2.51. The van der Waals surface area contributed by atoms with Crippen LogP contribution < -0.4 is 11.1 Å². The van der Waals surface area contributed by atoms with E-state index in [-0.39, 0.29) is 25.5 Å². The maximum absolute atomic E-state index is 12.4. The first-order valence-electron chi connectivity index (χ1n) is 6.90. The van der Waals surface area contributed by atoms with Gasteiger partial charge in [-0.25, -0.2) is 4.79 Å². The molecule has 0 aromatic rings. The van der Waals surface area contributed by atoms with Gasteiger partial charge in [0, 0.05) is 19.6 Å². The zero-order chi connectivity index (χ0) is 14.3. The van der Waals surface area contributed by atoms with E-state index < -0.39 is 17.4 Å². The van der Waals surface area contributed by atoms with Crippen molar-refractivity contribution < 1.29 is 19.8 Å². The molecule has 0 bridgehead atoms. The van der Waals surface area contributed by atoms with Gasteiger partial charge >= 0.3 is 5.97 Å². The zero-order valence-electron chi connectivity index (χ0n) is 11.2. The highest BCUT2D eigenvalue weighted by atomic mass is 16.4. The first-order chi connectivity index (χ1) is 9.05. The number of aliphatic hydroxyl groups excluding tert-OH is 1. The number of nitrogens with two attached hydrogens (primary N) is 1. The molecule has 0 heterocycles. The largest absolute Gasteiger partial charge is 0.480 e. The second-order valence-electron chi connectivity index (χ2n) is 5.28. The second-order valence-corrected chi connectivity index (χ2v) is 5.28. The summed E-state index contributed by atoms with van der Waals surface area (Å²) in [5.41, 5.74) is 5.14. The first-order valence-corrected chi connectivity index (χ1v) is 6.90. The number of nitrogens with one attached hydrogen (secondary N) is 1. The van der Waals surface area contributed by atoms with Gasteiger partial charge in [0.1, 0.15) is 6.04 Å². The number of rotatable bonds is 6. The average molecular weight is 272 g/mol. The van der Waals surface area contributed by atoms with Gasteiger partial charge in [0.2, 0.25) is 5.91 Å². The number of hydrogen-bond donors (Lipinski definition) is 4. The SMILES string of the molecule is NCC1(C(=O)N[C@@H](CCO)C(=O)O)CCCCCC1. The molecule has 1 aliphatic carbocycles. The van der Waals surface area contributed by atoms with Crippen molar-refractivity contribution in [2.45, 2.75) is 51.0 Å². The molecule has 6 heteroatoms. The van der Waals surface area contributed by atoms with Crippen LogP contribution in [0, 0.1) is 5.41 Å². The van der Waals surface area contributed by atoms with E-state index in [0.717, 1.165) is 25.7 Å². The molecule has 19 heavy (non-hydrogen) atoms. The predicted octanol–water partition coefficient (Wildman–Crippen LogP) is 0.237. The van der Waals surface area contributed by atoms with Crippen LogP contribution in [0.5, 0.6) is 0 Å². The monoisotopic (exact) mass is 272 g/mol. The lowest BCUT2D eigenvalue weighted by Gasteiger charge is -2.31. The summed E-state index contributed by atoms with van der Waals surface area (Å²) < 4.78 is 0. The van der Waals surface area contributed by atoms with Crippen molar-refractivity contribution in [3.63, 3.8) is 0 Å². The molecule has 0 aromatic heterocycles. The van der Waals surface area contributed by atoms with E-state index in [0.29, 0.717) is 12.8 Å². The number of carboxylic acids is 1. The van der Waals surface area contributed by atoms with Crippen molar-refractivity contribution in [2.24, 2.45) is 11.1 Å². The van der Waals surface area contributed by atoms with Crippen LogP contribution in [-0.4, -0.2) is 41.3 Å². The van der Waals surface area contributed by atoms with Crippen molar-refractivity contribution in [2.75, 3.05) is 13.2 Å². The second kappa shape index (κ2) is 7.45. The highest BCUT2D eigenvalue weighted by Crippen LogP contribution is 2.34. The van der Waals surface area contributed by atoms with E-state index >= 15 is 0 Å². The molecular formula is C13H24N2O4. The van der Waals surface area contributed by atoms with Gasteiger partial charge in [0.15, 0.2) is 0 Å². The van der Waals surface area contributed by atoms with Crippen LogP contribution in [0.4, 0.5) is 0 Å². The molecule has 0 aliphatic heterocycles. The fourth-order valence-electron chi connectivity index (χ4n) is 2.63. The summed E-state index contributed by atoms with van der Waals surface area (Å²) in [6.07, 6.45) is 5.51. The highest BCUT2D eigenvalue weighted by Gasteiger charge is 2.38. The molecule has 0 spiro atoms. The van der Waals surface area contributed by atoms with Crippen LogP contribution in [0.2, 0.25) is 0 Å². The van der Waals surface area contributed by atoms with E-state index in [4.69, 9.17) is 15.9 Å². The van der Waals surface area contributed by atoms with Crippen LogP contribution >= 0.6 is 0 Å². The van der Waals surface area contributed by atoms with Crippen molar-refractivity contribution in [3.8, 4) is 0 Å². The summed E-state index contributed by atoms with van der Waals surface area (Å²) in [6.45, 7) is -0.0306. The van der Waals surface area contributed by atoms with Crippen LogP contribution in [-0.2, 0) is 9.59 Å². The van der Waals surface area contributed by atoms with Gasteiger partial charge in [-0.1, -0.05) is 25.7 Å². The Hall–Kier alpha value is -1.14. The maximum Gasteiger partial charge on any atom is 0.326 e. The first kappa shape index (κ1) is 15.9. The Morgan fingerprint density at radius 2 is 1.79 bits per heavy atom. The zero-order valence-corrected chi connectivity index (χ0v) is 11.2. The number of carboxylic acid groups (broad SMARTS) is 1. The normalized spacial score (nSPS) is 20.3. The van der Waals surface area contributed by atoms with Gasteiger partial charge in [0.05, 0.1) is 5.41 Å². The number of carbonyl (C=O) groups is 2. The molecule has 1 aliphatic rings. The Balaban J connectivity index is 2.73. The maximum atomic E-state index is 12.4. The number of hydrogen-bond acceptors (Lipinski definition) is 4. The summed E-state index contributed by atoms with van der Waals surface area (Å²) in [5, 5.41) is 20.4. The van der Waals surface area contributed by atoms with E-state index in [1.807, 2.05) is 0 Å². The van der Waals surface area contributed by atoms with Gasteiger partial charge in [-0.05, 0) is 12.8 Å². The van der Waals surface area contributed by atoms with Crippen LogP contribution in [0.1, 0.15) is 44.9 Å². The van der Waals surface area contributed by atoms with E-state index in [1.54, 1.807) is 0 Å². The molecule has 110 valence electrons. The quantitative estimate of drug-likeness (QED) is 0.517. The molecule has 1 rings (SSSR count). The van der Waals surface area contributed by atoms with Gasteiger partial charge in [-0.15, -0.1) is 0 Å². The van der Waals surface area contributed by atoms with Crippen LogP contribution in [0.15, 0.2) is 0 Å². The van der Waals surface area contributed by atoms with Gasteiger partial charge in [0.25, 0.3) is 0 Å². The third-order valence-electron chi connectivity index (χ3n) is 3.95.